The third kappa shape index (κ3) is 3.99. The molecule has 0 radical (unpaired) electrons. The van der Waals surface area contributed by atoms with Gasteiger partial charge in [-0.25, -0.2) is 0 Å². The monoisotopic (exact) mass is 722 g/mol. The van der Waals surface area contributed by atoms with Crippen LogP contribution in [0.4, 0.5) is 17.1 Å². The van der Waals surface area contributed by atoms with Crippen molar-refractivity contribution in [2.24, 2.45) is 0 Å². The van der Waals surface area contributed by atoms with Gasteiger partial charge in [-0.15, -0.1) is 0 Å². The van der Waals surface area contributed by atoms with Gasteiger partial charge in [-0.3, -0.25) is 0 Å². The number of hydrogen-bond acceptors (Lipinski definition) is 1. The summed E-state index contributed by atoms with van der Waals surface area (Å²) in [5, 5.41) is 2.53. The fraction of sp³-hybridized carbons (Fsp3) is 0.0182. The highest BCUT2D eigenvalue weighted by Gasteiger charge is 2.57. The Hall–Kier alpha value is -7.42. The van der Waals surface area contributed by atoms with Crippen LogP contribution in [0.25, 0.3) is 72.0 Å². The Morgan fingerprint density at radius 1 is 0.333 bits per heavy atom. The molecule has 0 saturated heterocycles. The van der Waals surface area contributed by atoms with Crippen molar-refractivity contribution < 1.29 is 0 Å². The lowest BCUT2D eigenvalue weighted by molar-refractivity contribution is 0.818. The van der Waals surface area contributed by atoms with Gasteiger partial charge in [-0.05, 0) is 127 Å². The third-order valence-corrected chi connectivity index (χ3v) is 12.9. The molecule has 0 saturated carbocycles. The van der Waals surface area contributed by atoms with Crippen LogP contribution in [-0.2, 0) is 5.41 Å². The summed E-state index contributed by atoms with van der Waals surface area (Å²) in [7, 11) is 0. The van der Waals surface area contributed by atoms with Crippen LogP contribution in [0.5, 0.6) is 0 Å². The molecular formula is C55H34N2. The molecule has 57 heavy (non-hydrogen) atoms. The molecule has 1 atom stereocenters. The highest BCUT2D eigenvalue weighted by Crippen LogP contribution is 2.70. The van der Waals surface area contributed by atoms with Crippen LogP contribution < -0.4 is 4.90 Å². The summed E-state index contributed by atoms with van der Waals surface area (Å²) < 4.78 is 2.39. The summed E-state index contributed by atoms with van der Waals surface area (Å²) in [6, 6.07) is 76.4. The van der Waals surface area contributed by atoms with E-state index < -0.39 is 0 Å². The van der Waals surface area contributed by atoms with E-state index >= 15 is 0 Å². The zero-order chi connectivity index (χ0) is 37.2. The second kappa shape index (κ2) is 11.3. The van der Waals surface area contributed by atoms with Crippen LogP contribution in [0, 0.1) is 0 Å². The fourth-order valence-corrected chi connectivity index (χ4v) is 10.7. The molecule has 0 N–H and O–H groups in total. The van der Waals surface area contributed by atoms with Crippen molar-refractivity contribution in [1.29, 1.82) is 0 Å². The lowest BCUT2D eigenvalue weighted by atomic mass is 9.73. The Bertz CT molecular complexity index is 3250. The van der Waals surface area contributed by atoms with Crippen LogP contribution in [0.3, 0.4) is 0 Å². The van der Waals surface area contributed by atoms with E-state index in [1.807, 2.05) is 0 Å². The number of hydrogen-bond donors (Lipinski definition) is 0. The second-order valence-electron chi connectivity index (χ2n) is 15.6. The molecular weight excluding hydrogens is 689 g/mol. The topological polar surface area (TPSA) is 8.17 Å². The molecule has 9 aromatic carbocycles. The number of nitrogens with zero attached hydrogens (tertiary/aromatic N) is 2. The molecule has 10 aromatic rings. The quantitative estimate of drug-likeness (QED) is 0.172. The van der Waals surface area contributed by atoms with Crippen molar-refractivity contribution in [1.82, 2.24) is 4.57 Å². The zero-order valence-electron chi connectivity index (χ0n) is 31.0. The maximum absolute atomic E-state index is 2.49. The summed E-state index contributed by atoms with van der Waals surface area (Å²) in [5.41, 5.74) is 22.9. The van der Waals surface area contributed by atoms with E-state index in [4.69, 9.17) is 0 Å². The van der Waals surface area contributed by atoms with Gasteiger partial charge in [0.2, 0.25) is 0 Å². The molecule has 13 rings (SSSR count). The molecule has 0 bridgehead atoms. The minimum atomic E-state index is -0.327. The van der Waals surface area contributed by atoms with Crippen molar-refractivity contribution in [3.8, 4) is 50.2 Å². The van der Waals surface area contributed by atoms with Gasteiger partial charge < -0.3 is 9.47 Å². The van der Waals surface area contributed by atoms with Gasteiger partial charge in [-0.1, -0.05) is 146 Å². The summed E-state index contributed by atoms with van der Waals surface area (Å²) in [6.07, 6.45) is 0. The minimum Gasteiger partial charge on any atom is -0.310 e. The van der Waals surface area contributed by atoms with Crippen LogP contribution in [-0.4, -0.2) is 4.57 Å². The summed E-state index contributed by atoms with van der Waals surface area (Å²) >= 11 is 0. The van der Waals surface area contributed by atoms with E-state index in [1.54, 1.807) is 0 Å². The van der Waals surface area contributed by atoms with Crippen LogP contribution in [0.1, 0.15) is 22.3 Å². The first-order valence-corrected chi connectivity index (χ1v) is 19.9. The molecule has 1 aromatic heterocycles. The van der Waals surface area contributed by atoms with E-state index in [1.165, 1.54) is 94.3 Å². The Labute approximate surface area is 331 Å². The number of para-hydroxylation sites is 3. The maximum atomic E-state index is 2.49. The highest BCUT2D eigenvalue weighted by atomic mass is 15.1. The van der Waals surface area contributed by atoms with Gasteiger partial charge in [-0.2, -0.15) is 0 Å². The molecule has 3 aliphatic rings. The maximum Gasteiger partial charge on any atom is 0.0738 e. The fourth-order valence-electron chi connectivity index (χ4n) is 10.7. The predicted octanol–water partition coefficient (Wildman–Crippen LogP) is 14.2. The summed E-state index contributed by atoms with van der Waals surface area (Å²) in [5.74, 6) is 0. The van der Waals surface area contributed by atoms with E-state index in [9.17, 15) is 0 Å². The van der Waals surface area contributed by atoms with Gasteiger partial charge in [0.1, 0.15) is 0 Å². The molecule has 0 amide bonds. The Morgan fingerprint density at radius 3 is 1.63 bits per heavy atom. The standard InChI is InChI=1S/C55H34N2/c1-3-13-37(14-4-1)56(39-28-25-35(26-29-39)36-27-31-44-43-18-8-10-24-51(43)57(52(44)33-36)38-15-5-2-6-16-38)40-30-32-42-46-20-12-22-48-47-21-11-19-45-41-17-7-9-23-49(41)55(53(45)47,54(46)48)50(42)34-40/h1-34H. The molecule has 3 aliphatic carbocycles. The molecule has 0 aliphatic heterocycles. The Kier molecular flexibility index (Phi) is 6.13. The van der Waals surface area contributed by atoms with Crippen LogP contribution in [0.2, 0.25) is 0 Å². The molecule has 1 heterocycles. The van der Waals surface area contributed by atoms with Crippen LogP contribution >= 0.6 is 0 Å². The molecule has 2 heteroatoms. The first kappa shape index (κ1) is 30.9. The zero-order valence-corrected chi connectivity index (χ0v) is 31.0. The lowest BCUT2D eigenvalue weighted by Gasteiger charge is -2.30. The van der Waals surface area contributed by atoms with Crippen molar-refractivity contribution in [3.63, 3.8) is 0 Å². The van der Waals surface area contributed by atoms with Crippen molar-refractivity contribution in [2.45, 2.75) is 5.41 Å². The minimum absolute atomic E-state index is 0.327. The smallest absolute Gasteiger partial charge is 0.0738 e. The molecule has 264 valence electrons. The van der Waals surface area contributed by atoms with Gasteiger partial charge in [0.15, 0.2) is 0 Å². The lowest BCUT2D eigenvalue weighted by Crippen LogP contribution is -2.23. The van der Waals surface area contributed by atoms with E-state index in [2.05, 4.69) is 216 Å². The number of anilines is 3. The van der Waals surface area contributed by atoms with E-state index in [-0.39, 0.29) is 5.41 Å². The van der Waals surface area contributed by atoms with Crippen molar-refractivity contribution in [2.75, 3.05) is 4.90 Å². The van der Waals surface area contributed by atoms with Gasteiger partial charge in [0.05, 0.1) is 16.4 Å². The average Bonchev–Trinajstić information content (AvgIpc) is 3.97. The summed E-state index contributed by atoms with van der Waals surface area (Å²) in [4.78, 5) is 2.42. The average molecular weight is 723 g/mol. The van der Waals surface area contributed by atoms with Crippen LogP contribution in [0.15, 0.2) is 206 Å². The van der Waals surface area contributed by atoms with Gasteiger partial charge in [0.25, 0.3) is 0 Å². The predicted molar refractivity (Wildman–Crippen MR) is 236 cm³/mol. The first-order chi connectivity index (χ1) is 28.3. The molecule has 1 spiro atoms. The highest BCUT2D eigenvalue weighted by molar-refractivity contribution is 6.10. The number of rotatable bonds is 5. The van der Waals surface area contributed by atoms with Gasteiger partial charge >= 0.3 is 0 Å². The van der Waals surface area contributed by atoms with E-state index in [0.29, 0.717) is 0 Å². The Morgan fingerprint density at radius 2 is 0.877 bits per heavy atom. The molecule has 0 fully saturated rings. The van der Waals surface area contributed by atoms with Crippen molar-refractivity contribution >= 4 is 38.9 Å². The molecule has 2 nitrogen and oxygen atoms in total. The number of fused-ring (bicyclic) bond motifs is 8. The number of benzene rings is 9. The Balaban J connectivity index is 0.968. The summed E-state index contributed by atoms with van der Waals surface area (Å²) in [6.45, 7) is 0. The van der Waals surface area contributed by atoms with E-state index in [0.717, 1.165) is 17.1 Å². The third-order valence-electron chi connectivity index (χ3n) is 12.9. The largest absolute Gasteiger partial charge is 0.310 e. The van der Waals surface area contributed by atoms with Gasteiger partial charge in [0, 0.05) is 33.5 Å². The van der Waals surface area contributed by atoms with Crippen molar-refractivity contribution in [3.05, 3.63) is 229 Å². The SMILES string of the molecule is c1ccc(N(c2ccc(-c3ccc4c5ccccc5n(-c5ccccc5)c4c3)cc2)c2ccc3c(c2)C24c5ccccc5-c5cccc(c52)-c2cccc-3c24)cc1. The molecule has 1 unspecified atom stereocenters. The normalized spacial score (nSPS) is 15.1. The second-order valence-corrected chi connectivity index (χ2v) is 15.6. The first-order valence-electron chi connectivity index (χ1n) is 19.9. The number of aromatic nitrogens is 1.